The van der Waals surface area contributed by atoms with Crippen LogP contribution in [0.5, 0.6) is 0 Å². The van der Waals surface area contributed by atoms with Gasteiger partial charge in [0.05, 0.1) is 63.1 Å². The van der Waals surface area contributed by atoms with Crippen LogP contribution in [0.15, 0.2) is 347 Å². The van der Waals surface area contributed by atoms with Crippen molar-refractivity contribution < 1.29 is 71.9 Å². The van der Waals surface area contributed by atoms with Crippen LogP contribution in [0.4, 0.5) is 0 Å². The lowest BCUT2D eigenvalue weighted by Crippen LogP contribution is -1.91. The van der Waals surface area contributed by atoms with E-state index in [0.29, 0.717) is 22.3 Å². The maximum atomic E-state index is 10.2. The minimum Gasteiger partial charge on any atom is -0.456 e. The fourth-order valence-corrected chi connectivity index (χ4v) is 14.3. The van der Waals surface area contributed by atoms with Crippen LogP contribution >= 0.6 is 0 Å². The second-order valence-corrected chi connectivity index (χ2v) is 24.4. The van der Waals surface area contributed by atoms with Crippen LogP contribution in [0.3, 0.4) is 0 Å². The molecule has 2 heterocycles. The second-order valence-electron chi connectivity index (χ2n) is 24.4. The fraction of sp³-hybridized carbons (Fsp3) is 0. The maximum absolute atomic E-state index is 10.2. The molecule has 0 fully saturated rings. The summed E-state index contributed by atoms with van der Waals surface area (Å²) in [5, 5.41) is -6.78. The molecule has 0 radical (unpaired) electrons. The average molecular weight is 1340 g/mol. The lowest BCUT2D eigenvalue weighted by Gasteiger charge is -2.18. The first-order chi connectivity index (χ1) is 69.8. The maximum Gasteiger partial charge on any atom is 0.135 e. The van der Waals surface area contributed by atoms with Crippen LogP contribution < -0.4 is 0 Å². The Balaban J connectivity index is 0.000000164. The zero-order chi connectivity index (χ0) is 106. The molecule has 2 nitrogen and oxygen atoms in total. The smallest absolute Gasteiger partial charge is 0.135 e. The van der Waals surface area contributed by atoms with Crippen molar-refractivity contribution in [1.29, 1.82) is 0 Å². The van der Waals surface area contributed by atoms with Crippen LogP contribution in [0, 0.1) is 0 Å². The second kappa shape index (κ2) is 21.1. The van der Waals surface area contributed by atoms with E-state index in [1.807, 2.05) is 30.3 Å². The van der Waals surface area contributed by atoms with E-state index >= 15 is 0 Å². The van der Waals surface area contributed by atoms with Gasteiger partial charge in [-0.2, -0.15) is 0 Å². The number of furan rings is 2. The molecule has 0 saturated carbocycles. The molecule has 0 aliphatic heterocycles. The number of hydrogen-bond acceptors (Lipinski definition) is 2. The zero-order valence-electron chi connectivity index (χ0n) is 97.6. The number of rotatable bonds is 6. The summed E-state index contributed by atoms with van der Waals surface area (Å²) in [6.45, 7) is 0. The monoisotopic (exact) mass is 1330 g/mol. The Morgan fingerprint density at radius 1 is 0.176 bits per heavy atom. The summed E-state index contributed by atoms with van der Waals surface area (Å²) < 4.78 is 434. The van der Waals surface area contributed by atoms with Crippen molar-refractivity contribution in [2.45, 2.75) is 0 Å². The molecular formula is C100H56O2. The van der Waals surface area contributed by atoms with Gasteiger partial charge in [0, 0.05) is 21.5 Å². The SMILES string of the molecule is [2H]c1c(-c2c([2H])c([2H])c3oc4c([2H])c([2H])c([2H])c([2H])c4c3c2[2H])c([2H])c(-c2c([2H])c([2H])c3c([2H])c([2H])c4c([2H])c([2H])c([2H])c5c([2H])c([2H])c2c3c45)c([2H])c1-c1c([2H])c([2H])c2c([2H])c([2H])c3c([2H])c([2H])c([2H])c4c([2H])c([2H])c1c2c34.[2H]c1c([2H])c2c([2H])c([2H])c3c([2H])c([2H])c(-c4cc(-c5ccc6oc7ccccc7c6c5)cc(-c5c([2H])c([2H])c6c([2H])c([2H])c7c([2H])c([2H])c([2H])c8c([2H])c([2H])c5c6c78)c4)c4c([2H])c([2H])c(c1[2H])c2c34. The van der Waals surface area contributed by atoms with E-state index in [4.69, 9.17) is 41.7 Å². The highest BCUT2D eigenvalue weighted by molar-refractivity contribution is 6.30. The summed E-state index contributed by atoms with van der Waals surface area (Å²) >= 11 is 0. The topological polar surface area (TPSA) is 26.3 Å². The minimum absolute atomic E-state index is 0.0248. The summed E-state index contributed by atoms with van der Waals surface area (Å²) in [5.74, 6) is 0. The summed E-state index contributed by atoms with van der Waals surface area (Å²) in [6, 6.07) is -16.3. The molecule has 0 aliphatic rings. The summed E-state index contributed by atoms with van der Waals surface area (Å²) in [7, 11) is 0. The average Bonchev–Trinajstić information content (AvgIpc) is 0.922. The molecule has 0 spiro atoms. The third kappa shape index (κ3) is 8.18. The molecule has 0 unspecified atom stereocenters. The van der Waals surface area contributed by atoms with Gasteiger partial charge in [0.15, 0.2) is 0 Å². The molecule has 24 rings (SSSR count). The van der Waals surface area contributed by atoms with Gasteiger partial charge in [-0.05, 0) is 269 Å². The molecule has 2 aromatic heterocycles. The number of fused-ring (bicyclic) bond motifs is 6. The van der Waals surface area contributed by atoms with E-state index in [2.05, 4.69) is 0 Å². The lowest BCUT2D eigenvalue weighted by atomic mass is 9.86. The first-order valence-corrected chi connectivity index (χ1v) is 31.6. The van der Waals surface area contributed by atoms with E-state index in [-0.39, 0.29) is 97.7 Å². The normalized spacial score (nSPS) is 18.6. The van der Waals surface area contributed by atoms with Crippen molar-refractivity contribution in [2.75, 3.05) is 0 Å². The van der Waals surface area contributed by atoms with Crippen molar-refractivity contribution in [3.05, 3.63) is 339 Å². The third-order valence-electron chi connectivity index (χ3n) is 18.9. The van der Waals surface area contributed by atoms with Crippen LogP contribution in [0.1, 0.15) is 63.1 Å². The first kappa shape index (κ1) is 27.7. The third-order valence-corrected chi connectivity index (χ3v) is 18.9. The molecule has 0 N–H and O–H groups in total. The number of para-hydroxylation sites is 2. The number of benzene rings is 22. The molecule has 24 aromatic rings. The Morgan fingerprint density at radius 2 is 0.539 bits per heavy atom. The molecule has 2 heteroatoms. The Hall–Kier alpha value is -13.4. The molecule has 0 bridgehead atoms. The van der Waals surface area contributed by atoms with Gasteiger partial charge in [-0.25, -0.2) is 0 Å². The van der Waals surface area contributed by atoms with Crippen molar-refractivity contribution in [1.82, 2.24) is 0 Å². The highest BCUT2D eigenvalue weighted by atomic mass is 16.3. The molecule has 102 heavy (non-hydrogen) atoms. The molecule has 0 atom stereocenters. The lowest BCUT2D eigenvalue weighted by molar-refractivity contribution is 0.668. The van der Waals surface area contributed by atoms with Gasteiger partial charge in [0.25, 0.3) is 0 Å². The first-order valence-electron chi connectivity index (χ1n) is 54.6. The van der Waals surface area contributed by atoms with Crippen LogP contribution in [0.25, 0.3) is 240 Å². The van der Waals surface area contributed by atoms with Gasteiger partial charge in [-0.15, -0.1) is 0 Å². The van der Waals surface area contributed by atoms with Crippen LogP contribution in [-0.4, -0.2) is 0 Å². The Labute approximate surface area is 649 Å². The van der Waals surface area contributed by atoms with Crippen molar-refractivity contribution >= 4 is 173 Å². The highest BCUT2D eigenvalue weighted by Gasteiger charge is 2.22. The van der Waals surface area contributed by atoms with Gasteiger partial charge in [-0.3, -0.25) is 0 Å². The van der Waals surface area contributed by atoms with Gasteiger partial charge in [0.2, 0.25) is 0 Å². The predicted molar refractivity (Wildman–Crippen MR) is 435 cm³/mol. The standard InChI is InChI=1S/2C50H28O/c2*1-2-10-45-41(9-1)44-28-35(19-24-46(44)51-45)36-25-37(39-20-15-33-13-11-29-5-3-7-31-17-22-42(39)49(33)47(29)31)27-38(26-36)40-21-16-34-14-12-30-6-4-8-32-18-23-43(40)50(34)48(30)32/h2*1-28H/i1D,2D,3D,4D,5D,6D,7D,8D,9D,10D,11D,12D,13D,14D,15D,16D,17D,18D,19D,20D,21D,22D,23D,24D,25D,26D,27D,28D;3D,4D,5D,6D,7D,8D,11D,12D,13D,14D,15D,16D,17D,18D,20D,21D,22D,23D. The molecule has 0 aliphatic carbocycles. The van der Waals surface area contributed by atoms with Crippen molar-refractivity contribution in [3.8, 4) is 66.8 Å². The molecular weight excluding hydrogens is 1230 g/mol. The summed E-state index contributed by atoms with van der Waals surface area (Å²) in [5.41, 5.74) is -4.13. The van der Waals surface area contributed by atoms with Crippen molar-refractivity contribution in [2.24, 2.45) is 0 Å². The van der Waals surface area contributed by atoms with Crippen molar-refractivity contribution in [3.63, 3.8) is 0 Å². The quantitative estimate of drug-likeness (QED) is 0.155. The van der Waals surface area contributed by atoms with E-state index in [1.54, 1.807) is 24.3 Å². The van der Waals surface area contributed by atoms with Gasteiger partial charge in [-0.1, -0.05) is 266 Å². The minimum atomic E-state index is -1.10. The highest BCUT2D eigenvalue weighted by Crippen LogP contribution is 2.49. The van der Waals surface area contributed by atoms with Gasteiger partial charge >= 0.3 is 0 Å². The largest absolute Gasteiger partial charge is 0.456 e. The Bertz CT molecular complexity index is 10000. The fourth-order valence-electron chi connectivity index (χ4n) is 14.3. The Morgan fingerprint density at radius 3 is 1.01 bits per heavy atom. The van der Waals surface area contributed by atoms with Gasteiger partial charge in [0.1, 0.15) is 22.3 Å². The Kier molecular flexibility index (Phi) is 5.73. The summed E-state index contributed by atoms with van der Waals surface area (Å²) in [4.78, 5) is 0. The predicted octanol–water partition coefficient (Wildman–Crippen LogP) is 28.8. The zero-order valence-corrected chi connectivity index (χ0v) is 51.6. The van der Waals surface area contributed by atoms with E-state index in [9.17, 15) is 30.2 Å². The number of hydrogen-bond donors (Lipinski definition) is 0. The molecule has 22 aromatic carbocycles. The summed E-state index contributed by atoms with van der Waals surface area (Å²) in [6.07, 6.45) is 0. The van der Waals surface area contributed by atoms with E-state index in [0.717, 1.165) is 10.8 Å². The van der Waals surface area contributed by atoms with E-state index in [1.165, 1.54) is 6.07 Å². The molecule has 0 saturated heterocycles. The van der Waals surface area contributed by atoms with E-state index < -0.39 is 387 Å². The molecule has 0 amide bonds. The van der Waals surface area contributed by atoms with Crippen LogP contribution in [0.2, 0.25) is 0 Å². The van der Waals surface area contributed by atoms with Crippen LogP contribution in [-0.2, 0) is 0 Å². The molecule has 468 valence electrons. The van der Waals surface area contributed by atoms with Gasteiger partial charge < -0.3 is 8.83 Å².